The molecule has 3 rings (SSSR count). The third-order valence-corrected chi connectivity index (χ3v) is 5.06. The number of carbonyl (C=O) groups is 3. The molecule has 1 aromatic carbocycles. The molecule has 0 aliphatic carbocycles. The molecule has 1 atom stereocenters. The zero-order valence-corrected chi connectivity index (χ0v) is 15.2. The molecule has 26 heavy (non-hydrogen) atoms. The molecule has 2 aliphatic rings. The maximum absolute atomic E-state index is 12.5. The van der Waals surface area contributed by atoms with E-state index in [1.165, 1.54) is 7.11 Å². The van der Waals surface area contributed by atoms with Crippen molar-refractivity contribution in [1.82, 2.24) is 10.2 Å². The summed E-state index contributed by atoms with van der Waals surface area (Å²) in [6.07, 6.45) is 3.51. The normalized spacial score (nSPS) is 21.5. The number of thioether (sulfide) groups is 1. The summed E-state index contributed by atoms with van der Waals surface area (Å²) >= 11 is 0.819. The molecule has 2 heterocycles. The van der Waals surface area contributed by atoms with E-state index >= 15 is 0 Å². The van der Waals surface area contributed by atoms with E-state index < -0.39 is 11.1 Å². The molecule has 0 spiro atoms. The molecule has 0 radical (unpaired) electrons. The van der Waals surface area contributed by atoms with Crippen LogP contribution in [0.2, 0.25) is 0 Å². The molecule has 2 fully saturated rings. The first-order valence-corrected chi connectivity index (χ1v) is 9.17. The standard InChI is InChI=1S/C18H20N2O5S/c1-24-14-7-3-2-5-12(14)9-15-17(22)20(18(23)26-15)11-16(21)19-10-13-6-4-8-25-13/h2-3,5,7,9,13H,4,6,8,10-11H2,1H3,(H,19,21)/b15-9-/t13-/m0/s1. The van der Waals surface area contributed by atoms with Crippen LogP contribution >= 0.6 is 11.8 Å². The van der Waals surface area contributed by atoms with Crippen molar-refractivity contribution in [3.63, 3.8) is 0 Å². The van der Waals surface area contributed by atoms with Gasteiger partial charge < -0.3 is 14.8 Å². The second-order valence-corrected chi connectivity index (χ2v) is 6.94. The van der Waals surface area contributed by atoms with Crippen molar-refractivity contribution >= 4 is 34.9 Å². The molecule has 0 unspecified atom stereocenters. The van der Waals surface area contributed by atoms with Crippen LogP contribution in [-0.4, -0.2) is 54.9 Å². The number of nitrogens with one attached hydrogen (secondary N) is 1. The van der Waals surface area contributed by atoms with Gasteiger partial charge in [-0.3, -0.25) is 19.3 Å². The predicted molar refractivity (Wildman–Crippen MR) is 97.7 cm³/mol. The number of ether oxygens (including phenoxy) is 2. The SMILES string of the molecule is COc1ccccc1/C=C1\SC(=O)N(CC(=O)NC[C@@H]2CCCO2)C1=O. The van der Waals surface area contributed by atoms with Crippen LogP contribution in [0.4, 0.5) is 4.79 Å². The Morgan fingerprint density at radius 3 is 2.96 bits per heavy atom. The second-order valence-electron chi connectivity index (χ2n) is 5.95. The number of nitrogens with zero attached hydrogens (tertiary/aromatic N) is 1. The molecule has 2 aliphatic heterocycles. The first kappa shape index (κ1) is 18.5. The van der Waals surface area contributed by atoms with Gasteiger partial charge in [0, 0.05) is 18.7 Å². The molecule has 1 N–H and O–H groups in total. The van der Waals surface area contributed by atoms with Crippen molar-refractivity contribution in [1.29, 1.82) is 0 Å². The lowest BCUT2D eigenvalue weighted by atomic mass is 10.2. The Balaban J connectivity index is 1.63. The Bertz CT molecular complexity index is 743. The summed E-state index contributed by atoms with van der Waals surface area (Å²) < 4.78 is 10.7. The number of methoxy groups -OCH3 is 1. The van der Waals surface area contributed by atoms with E-state index in [4.69, 9.17) is 9.47 Å². The largest absolute Gasteiger partial charge is 0.496 e. The highest BCUT2D eigenvalue weighted by atomic mass is 32.2. The lowest BCUT2D eigenvalue weighted by Gasteiger charge is -2.14. The molecular weight excluding hydrogens is 356 g/mol. The summed E-state index contributed by atoms with van der Waals surface area (Å²) in [6.45, 7) is 0.810. The van der Waals surface area contributed by atoms with Gasteiger partial charge >= 0.3 is 0 Å². The monoisotopic (exact) mass is 376 g/mol. The number of benzene rings is 1. The molecule has 0 aromatic heterocycles. The minimum absolute atomic E-state index is 0.0132. The van der Waals surface area contributed by atoms with Crippen molar-refractivity contribution in [2.75, 3.05) is 26.8 Å². The van der Waals surface area contributed by atoms with Crippen LogP contribution in [0.1, 0.15) is 18.4 Å². The van der Waals surface area contributed by atoms with Gasteiger partial charge in [0.1, 0.15) is 12.3 Å². The summed E-state index contributed by atoms with van der Waals surface area (Å²) in [7, 11) is 1.54. The number of para-hydroxylation sites is 1. The topological polar surface area (TPSA) is 84.9 Å². The van der Waals surface area contributed by atoms with Gasteiger partial charge in [0.25, 0.3) is 11.1 Å². The summed E-state index contributed by atoms with van der Waals surface area (Å²) in [4.78, 5) is 37.9. The van der Waals surface area contributed by atoms with E-state index in [9.17, 15) is 14.4 Å². The molecule has 138 valence electrons. The maximum Gasteiger partial charge on any atom is 0.294 e. The fourth-order valence-corrected chi connectivity index (χ4v) is 3.62. The zero-order chi connectivity index (χ0) is 18.5. The lowest BCUT2D eigenvalue weighted by Crippen LogP contribution is -2.41. The lowest BCUT2D eigenvalue weighted by molar-refractivity contribution is -0.129. The molecule has 0 saturated carbocycles. The van der Waals surface area contributed by atoms with E-state index in [1.807, 2.05) is 12.1 Å². The highest BCUT2D eigenvalue weighted by Crippen LogP contribution is 2.33. The Morgan fingerprint density at radius 2 is 2.23 bits per heavy atom. The Hall–Kier alpha value is -2.32. The Kier molecular flexibility index (Phi) is 5.95. The van der Waals surface area contributed by atoms with E-state index in [2.05, 4.69) is 5.32 Å². The van der Waals surface area contributed by atoms with Gasteiger partial charge in [0.05, 0.1) is 18.1 Å². The van der Waals surface area contributed by atoms with Crippen molar-refractivity contribution in [3.8, 4) is 5.75 Å². The highest BCUT2D eigenvalue weighted by molar-refractivity contribution is 8.18. The number of amides is 3. The van der Waals surface area contributed by atoms with Crippen molar-refractivity contribution in [2.24, 2.45) is 0 Å². The number of carbonyl (C=O) groups excluding carboxylic acids is 3. The maximum atomic E-state index is 12.5. The van der Waals surface area contributed by atoms with Gasteiger partial charge in [-0.2, -0.15) is 0 Å². The number of hydrogen-bond acceptors (Lipinski definition) is 6. The first-order valence-electron chi connectivity index (χ1n) is 8.35. The van der Waals surface area contributed by atoms with E-state index in [1.54, 1.807) is 18.2 Å². The average molecular weight is 376 g/mol. The van der Waals surface area contributed by atoms with Crippen LogP contribution in [0.3, 0.4) is 0 Å². The molecule has 2 saturated heterocycles. The van der Waals surface area contributed by atoms with Gasteiger partial charge in [-0.05, 0) is 36.7 Å². The molecule has 3 amide bonds. The van der Waals surface area contributed by atoms with E-state index in [0.717, 1.165) is 29.5 Å². The van der Waals surface area contributed by atoms with E-state index in [0.29, 0.717) is 24.5 Å². The number of rotatable bonds is 6. The minimum atomic E-state index is -0.474. The smallest absolute Gasteiger partial charge is 0.294 e. The van der Waals surface area contributed by atoms with Gasteiger partial charge in [-0.15, -0.1) is 0 Å². The van der Waals surface area contributed by atoms with Crippen LogP contribution in [0, 0.1) is 0 Å². The summed E-state index contributed by atoms with van der Waals surface area (Å²) in [5.74, 6) is -0.242. The Morgan fingerprint density at radius 1 is 1.42 bits per heavy atom. The van der Waals surface area contributed by atoms with Gasteiger partial charge in [-0.1, -0.05) is 18.2 Å². The third kappa shape index (κ3) is 4.25. The first-order chi connectivity index (χ1) is 12.6. The van der Waals surface area contributed by atoms with Crippen LogP contribution in [-0.2, 0) is 14.3 Å². The van der Waals surface area contributed by atoms with Crippen LogP contribution in [0.15, 0.2) is 29.2 Å². The molecule has 8 heteroatoms. The van der Waals surface area contributed by atoms with E-state index in [-0.39, 0.29) is 23.5 Å². The fourth-order valence-electron chi connectivity index (χ4n) is 2.80. The minimum Gasteiger partial charge on any atom is -0.496 e. The van der Waals surface area contributed by atoms with Crippen molar-refractivity contribution in [2.45, 2.75) is 18.9 Å². The fraction of sp³-hybridized carbons (Fsp3) is 0.389. The van der Waals surface area contributed by atoms with Crippen LogP contribution in [0.5, 0.6) is 5.75 Å². The Labute approximate surface area is 155 Å². The third-order valence-electron chi connectivity index (χ3n) is 4.15. The quantitative estimate of drug-likeness (QED) is 0.765. The van der Waals surface area contributed by atoms with Gasteiger partial charge in [0.2, 0.25) is 5.91 Å². The van der Waals surface area contributed by atoms with Gasteiger partial charge in [0.15, 0.2) is 0 Å². The average Bonchev–Trinajstić information content (AvgIpc) is 3.25. The molecule has 0 bridgehead atoms. The van der Waals surface area contributed by atoms with Crippen LogP contribution < -0.4 is 10.1 Å². The zero-order valence-electron chi connectivity index (χ0n) is 14.4. The highest BCUT2D eigenvalue weighted by Gasteiger charge is 2.36. The van der Waals surface area contributed by atoms with Crippen molar-refractivity contribution in [3.05, 3.63) is 34.7 Å². The molecule has 7 nitrogen and oxygen atoms in total. The van der Waals surface area contributed by atoms with Crippen LogP contribution in [0.25, 0.3) is 6.08 Å². The number of imide groups is 1. The molecule has 1 aromatic rings. The summed E-state index contributed by atoms with van der Waals surface area (Å²) in [5.41, 5.74) is 0.698. The molecular formula is C18H20N2O5S. The summed E-state index contributed by atoms with van der Waals surface area (Å²) in [6, 6.07) is 7.20. The second kappa shape index (κ2) is 8.37. The summed E-state index contributed by atoms with van der Waals surface area (Å²) in [5, 5.41) is 2.26. The van der Waals surface area contributed by atoms with Gasteiger partial charge in [-0.25, -0.2) is 0 Å². The number of hydrogen-bond donors (Lipinski definition) is 1. The van der Waals surface area contributed by atoms with Crippen molar-refractivity contribution < 1.29 is 23.9 Å². The predicted octanol–water partition coefficient (Wildman–Crippen LogP) is 2.03.